The van der Waals surface area contributed by atoms with Gasteiger partial charge in [-0.1, -0.05) is 23.4 Å². The molecular weight excluding hydrogens is 228 g/mol. The maximum atomic E-state index is 5.86. The molecule has 0 radical (unpaired) electrons. The smallest absolute Gasteiger partial charge is 0.123 e. The number of nitrogens with zero attached hydrogens (tertiary/aromatic N) is 3. The molecule has 5 nitrogen and oxygen atoms in total. The van der Waals surface area contributed by atoms with Gasteiger partial charge in [0, 0.05) is 26.6 Å². The molecule has 1 aliphatic heterocycles. The molecule has 1 unspecified atom stereocenters. The van der Waals surface area contributed by atoms with E-state index >= 15 is 0 Å². The fourth-order valence-electron chi connectivity index (χ4n) is 2.20. The Morgan fingerprint density at radius 1 is 1.44 bits per heavy atom. The molecular formula is C13H16N4O. The highest BCUT2D eigenvalue weighted by Gasteiger charge is 2.21. The van der Waals surface area contributed by atoms with Crippen LogP contribution in [0.5, 0.6) is 5.75 Å². The van der Waals surface area contributed by atoms with Crippen LogP contribution < -0.4 is 10.1 Å². The molecule has 5 heteroatoms. The van der Waals surface area contributed by atoms with E-state index in [2.05, 4.69) is 27.8 Å². The van der Waals surface area contributed by atoms with Crippen molar-refractivity contribution in [3.8, 4) is 5.75 Å². The van der Waals surface area contributed by atoms with Crippen molar-refractivity contribution in [1.29, 1.82) is 0 Å². The van der Waals surface area contributed by atoms with Gasteiger partial charge in [-0.3, -0.25) is 4.68 Å². The lowest BCUT2D eigenvalue weighted by Crippen LogP contribution is -2.30. The molecule has 2 heterocycles. The second kappa shape index (κ2) is 4.78. The molecule has 94 valence electrons. The van der Waals surface area contributed by atoms with Crippen LogP contribution in [-0.4, -0.2) is 27.6 Å². The standard InChI is InChI=1S/C13H16N4O/c1-17-11(8-15-16-17)7-14-9-12-6-10-4-2-3-5-13(10)18-12/h2-5,8,12,14H,6-7,9H2,1H3. The molecule has 2 aromatic rings. The Bertz CT molecular complexity index is 512. The summed E-state index contributed by atoms with van der Waals surface area (Å²) < 4.78 is 7.63. The van der Waals surface area contributed by atoms with Crippen LogP contribution >= 0.6 is 0 Å². The Hall–Kier alpha value is -1.88. The largest absolute Gasteiger partial charge is 0.488 e. The van der Waals surface area contributed by atoms with Gasteiger partial charge in [0.05, 0.1) is 11.9 Å². The van der Waals surface area contributed by atoms with Crippen LogP contribution in [0.4, 0.5) is 0 Å². The summed E-state index contributed by atoms with van der Waals surface area (Å²) in [4.78, 5) is 0. The van der Waals surface area contributed by atoms with Crippen molar-refractivity contribution < 1.29 is 4.74 Å². The molecule has 0 saturated heterocycles. The van der Waals surface area contributed by atoms with Crippen molar-refractivity contribution in [2.75, 3.05) is 6.54 Å². The van der Waals surface area contributed by atoms with Gasteiger partial charge in [0.25, 0.3) is 0 Å². The minimum atomic E-state index is 0.226. The van der Waals surface area contributed by atoms with E-state index in [1.54, 1.807) is 10.9 Å². The first-order valence-corrected chi connectivity index (χ1v) is 6.12. The Labute approximate surface area is 106 Å². The third-order valence-corrected chi connectivity index (χ3v) is 3.20. The number of nitrogens with one attached hydrogen (secondary N) is 1. The molecule has 0 saturated carbocycles. The zero-order valence-electron chi connectivity index (χ0n) is 10.3. The highest BCUT2D eigenvalue weighted by atomic mass is 16.5. The van der Waals surface area contributed by atoms with Gasteiger partial charge in [-0.05, 0) is 11.6 Å². The number of aromatic nitrogens is 3. The summed E-state index contributed by atoms with van der Waals surface area (Å²) >= 11 is 0. The summed E-state index contributed by atoms with van der Waals surface area (Å²) in [6.07, 6.45) is 2.98. The highest BCUT2D eigenvalue weighted by molar-refractivity contribution is 5.37. The van der Waals surface area contributed by atoms with E-state index in [0.29, 0.717) is 0 Å². The van der Waals surface area contributed by atoms with Crippen LogP contribution in [0.2, 0.25) is 0 Å². The molecule has 3 rings (SSSR count). The van der Waals surface area contributed by atoms with E-state index in [4.69, 9.17) is 4.74 Å². The summed E-state index contributed by atoms with van der Waals surface area (Å²) in [7, 11) is 1.89. The van der Waals surface area contributed by atoms with E-state index in [9.17, 15) is 0 Å². The van der Waals surface area contributed by atoms with Gasteiger partial charge in [0.1, 0.15) is 11.9 Å². The lowest BCUT2D eigenvalue weighted by Gasteiger charge is -2.11. The van der Waals surface area contributed by atoms with Gasteiger partial charge >= 0.3 is 0 Å². The Morgan fingerprint density at radius 2 is 2.33 bits per heavy atom. The summed E-state index contributed by atoms with van der Waals surface area (Å²) in [6, 6.07) is 8.22. The fourth-order valence-corrected chi connectivity index (χ4v) is 2.20. The third-order valence-electron chi connectivity index (χ3n) is 3.20. The molecule has 0 amide bonds. The molecule has 18 heavy (non-hydrogen) atoms. The summed E-state index contributed by atoms with van der Waals surface area (Å²) in [6.45, 7) is 1.60. The fraction of sp³-hybridized carbons (Fsp3) is 0.385. The maximum Gasteiger partial charge on any atom is 0.123 e. The number of benzene rings is 1. The van der Waals surface area contributed by atoms with Gasteiger partial charge in [0.15, 0.2) is 0 Å². The number of rotatable bonds is 4. The van der Waals surface area contributed by atoms with Crippen LogP contribution in [0.25, 0.3) is 0 Å². The number of fused-ring (bicyclic) bond motifs is 1. The average molecular weight is 244 g/mol. The lowest BCUT2D eigenvalue weighted by molar-refractivity contribution is 0.227. The molecule has 0 bridgehead atoms. The van der Waals surface area contributed by atoms with Gasteiger partial charge in [-0.2, -0.15) is 0 Å². The molecule has 0 spiro atoms. The highest BCUT2D eigenvalue weighted by Crippen LogP contribution is 2.27. The topological polar surface area (TPSA) is 52.0 Å². The predicted molar refractivity (Wildman–Crippen MR) is 67.3 cm³/mol. The quantitative estimate of drug-likeness (QED) is 0.868. The zero-order chi connectivity index (χ0) is 12.4. The van der Waals surface area contributed by atoms with Crippen LogP contribution in [0.1, 0.15) is 11.3 Å². The SMILES string of the molecule is Cn1nncc1CNCC1Cc2ccccc2O1. The van der Waals surface area contributed by atoms with Crippen LogP contribution in [-0.2, 0) is 20.0 Å². The van der Waals surface area contributed by atoms with Crippen molar-refractivity contribution in [3.63, 3.8) is 0 Å². The molecule has 1 aromatic heterocycles. The summed E-state index contributed by atoms with van der Waals surface area (Å²) in [5, 5.41) is 11.1. The first kappa shape index (κ1) is 11.2. The second-order valence-electron chi connectivity index (χ2n) is 4.53. The molecule has 0 aliphatic carbocycles. The van der Waals surface area contributed by atoms with E-state index in [1.807, 2.05) is 19.2 Å². The van der Waals surface area contributed by atoms with Crippen molar-refractivity contribution in [3.05, 3.63) is 41.7 Å². The number of aryl methyl sites for hydroxylation is 1. The minimum absolute atomic E-state index is 0.226. The second-order valence-corrected chi connectivity index (χ2v) is 4.53. The van der Waals surface area contributed by atoms with Crippen molar-refractivity contribution in [2.24, 2.45) is 7.05 Å². The molecule has 1 aliphatic rings. The first-order chi connectivity index (χ1) is 8.83. The van der Waals surface area contributed by atoms with Crippen molar-refractivity contribution in [1.82, 2.24) is 20.3 Å². The first-order valence-electron chi connectivity index (χ1n) is 6.12. The van der Waals surface area contributed by atoms with Gasteiger partial charge in [-0.15, -0.1) is 5.10 Å². The van der Waals surface area contributed by atoms with Crippen molar-refractivity contribution >= 4 is 0 Å². The van der Waals surface area contributed by atoms with Crippen molar-refractivity contribution in [2.45, 2.75) is 19.1 Å². The zero-order valence-corrected chi connectivity index (χ0v) is 10.3. The third kappa shape index (κ3) is 2.22. The molecule has 1 aromatic carbocycles. The normalized spacial score (nSPS) is 17.5. The van der Waals surface area contributed by atoms with E-state index in [0.717, 1.165) is 31.0 Å². The van der Waals surface area contributed by atoms with Gasteiger partial charge < -0.3 is 10.1 Å². The number of hydrogen-bond donors (Lipinski definition) is 1. The average Bonchev–Trinajstić information content (AvgIpc) is 2.96. The Balaban J connectivity index is 1.50. The van der Waals surface area contributed by atoms with E-state index in [1.165, 1.54) is 5.56 Å². The Morgan fingerprint density at radius 3 is 3.11 bits per heavy atom. The molecule has 0 fully saturated rings. The number of hydrogen-bond acceptors (Lipinski definition) is 4. The van der Waals surface area contributed by atoms with Crippen LogP contribution in [0.3, 0.4) is 0 Å². The summed E-state index contributed by atoms with van der Waals surface area (Å²) in [5.41, 5.74) is 2.37. The lowest BCUT2D eigenvalue weighted by atomic mass is 10.1. The Kier molecular flexibility index (Phi) is 2.98. The maximum absolute atomic E-state index is 5.86. The number of ether oxygens (including phenoxy) is 1. The van der Waals surface area contributed by atoms with E-state index < -0.39 is 0 Å². The number of para-hydroxylation sites is 1. The molecule has 1 N–H and O–H groups in total. The monoisotopic (exact) mass is 244 g/mol. The predicted octanol–water partition coefficient (Wildman–Crippen LogP) is 0.908. The summed E-state index contributed by atoms with van der Waals surface area (Å²) in [5.74, 6) is 1.02. The van der Waals surface area contributed by atoms with Crippen LogP contribution in [0.15, 0.2) is 30.5 Å². The van der Waals surface area contributed by atoms with Gasteiger partial charge in [-0.25, -0.2) is 0 Å². The molecule has 1 atom stereocenters. The van der Waals surface area contributed by atoms with E-state index in [-0.39, 0.29) is 6.10 Å². The minimum Gasteiger partial charge on any atom is -0.488 e. The van der Waals surface area contributed by atoms with Gasteiger partial charge in [0.2, 0.25) is 0 Å². The van der Waals surface area contributed by atoms with Crippen LogP contribution in [0, 0.1) is 0 Å².